The molecule has 37 heavy (non-hydrogen) atoms. The Hall–Kier alpha value is -4.43. The van der Waals surface area contributed by atoms with E-state index in [1.807, 2.05) is 89.9 Å². The average Bonchev–Trinajstić information content (AvgIpc) is 3.38. The molecule has 1 aliphatic rings. The minimum atomic E-state index is -0.340. The van der Waals surface area contributed by atoms with E-state index in [2.05, 4.69) is 10.7 Å². The number of anilines is 1. The van der Waals surface area contributed by atoms with Crippen molar-refractivity contribution in [3.05, 3.63) is 96.1 Å². The van der Waals surface area contributed by atoms with Crippen LogP contribution in [0.5, 0.6) is 23.0 Å². The number of fused-ring (bicyclic) bond motifs is 1. The third-order valence-electron chi connectivity index (χ3n) is 6.33. The van der Waals surface area contributed by atoms with Gasteiger partial charge in [-0.25, -0.2) is 0 Å². The van der Waals surface area contributed by atoms with E-state index in [1.165, 1.54) is 0 Å². The van der Waals surface area contributed by atoms with Gasteiger partial charge in [0.2, 0.25) is 0 Å². The molecule has 0 spiro atoms. The van der Waals surface area contributed by atoms with E-state index in [9.17, 15) is 5.11 Å². The Kier molecular flexibility index (Phi) is 6.74. The molecule has 3 N–H and O–H groups in total. The molecule has 1 aliphatic heterocycles. The largest absolute Gasteiger partial charge is 0.507 e. The number of hydrogen-bond donors (Lipinski definition) is 3. The second-order valence-corrected chi connectivity index (χ2v) is 8.85. The standard InChI is InChI=1S/C29H27N3O4S/c1-34-20-9-6-8-19(15-20)30-29(37)32-26(24-14-12-21(35-2)16-27(24)36-3)17-25(31-32)23-13-11-18-7-4-5-10-22(18)28(23)33/h4-17,26,31,33H,1-3H3,(H,30,37). The maximum Gasteiger partial charge on any atom is 0.193 e. The maximum absolute atomic E-state index is 11.2. The molecule has 0 aromatic heterocycles. The summed E-state index contributed by atoms with van der Waals surface area (Å²) in [6.07, 6.45) is 2.02. The lowest BCUT2D eigenvalue weighted by Gasteiger charge is -2.29. The number of nitrogens with one attached hydrogen (secondary N) is 2. The van der Waals surface area contributed by atoms with Crippen molar-refractivity contribution < 1.29 is 19.3 Å². The van der Waals surface area contributed by atoms with E-state index in [0.29, 0.717) is 22.2 Å². The highest BCUT2D eigenvalue weighted by molar-refractivity contribution is 7.80. The molecule has 5 rings (SSSR count). The van der Waals surface area contributed by atoms with E-state index in [0.717, 1.165) is 33.5 Å². The van der Waals surface area contributed by atoms with Gasteiger partial charge in [-0.05, 0) is 54.0 Å². The Morgan fingerprint density at radius 2 is 1.68 bits per heavy atom. The van der Waals surface area contributed by atoms with Crippen LogP contribution in [0.25, 0.3) is 16.5 Å². The fourth-order valence-electron chi connectivity index (χ4n) is 4.44. The van der Waals surface area contributed by atoms with Crippen molar-refractivity contribution in [2.24, 2.45) is 0 Å². The van der Waals surface area contributed by atoms with E-state index >= 15 is 0 Å². The van der Waals surface area contributed by atoms with Gasteiger partial charge < -0.3 is 24.6 Å². The number of methoxy groups -OCH3 is 3. The SMILES string of the molecule is COc1cccc(NC(=S)N2NC(c3ccc4ccccc4c3O)=CC2c2ccc(OC)cc2OC)c1. The molecule has 188 valence electrons. The van der Waals surface area contributed by atoms with Crippen molar-refractivity contribution in [1.29, 1.82) is 0 Å². The van der Waals surface area contributed by atoms with Gasteiger partial charge >= 0.3 is 0 Å². The Labute approximate surface area is 220 Å². The predicted molar refractivity (Wildman–Crippen MR) is 150 cm³/mol. The van der Waals surface area contributed by atoms with Crippen molar-refractivity contribution in [2.75, 3.05) is 26.6 Å². The maximum atomic E-state index is 11.2. The number of benzene rings is 4. The lowest BCUT2D eigenvalue weighted by molar-refractivity contribution is 0.331. The molecule has 0 saturated heterocycles. The Bertz CT molecular complexity index is 1500. The summed E-state index contributed by atoms with van der Waals surface area (Å²) in [5.74, 6) is 2.26. The third-order valence-corrected chi connectivity index (χ3v) is 6.63. The van der Waals surface area contributed by atoms with Crippen LogP contribution in [-0.4, -0.2) is 36.6 Å². The van der Waals surface area contributed by atoms with Crippen LogP contribution >= 0.6 is 12.2 Å². The number of phenols is 1. The van der Waals surface area contributed by atoms with Gasteiger partial charge in [0.25, 0.3) is 0 Å². The quantitative estimate of drug-likeness (QED) is 0.277. The van der Waals surface area contributed by atoms with Crippen molar-refractivity contribution in [2.45, 2.75) is 6.04 Å². The van der Waals surface area contributed by atoms with E-state index in [-0.39, 0.29) is 11.8 Å². The van der Waals surface area contributed by atoms with Crippen LogP contribution in [0.15, 0.2) is 84.9 Å². The highest BCUT2D eigenvalue weighted by Crippen LogP contribution is 2.41. The number of thiocarbonyl (C=S) groups is 1. The van der Waals surface area contributed by atoms with Crippen LogP contribution < -0.4 is 25.0 Å². The Balaban J connectivity index is 1.56. The minimum Gasteiger partial charge on any atom is -0.507 e. The van der Waals surface area contributed by atoms with Crippen molar-refractivity contribution in [3.63, 3.8) is 0 Å². The van der Waals surface area contributed by atoms with E-state index < -0.39 is 0 Å². The van der Waals surface area contributed by atoms with Gasteiger partial charge in [0, 0.05) is 34.3 Å². The summed E-state index contributed by atoms with van der Waals surface area (Å²) >= 11 is 5.84. The zero-order chi connectivity index (χ0) is 25.9. The lowest BCUT2D eigenvalue weighted by atomic mass is 10.0. The van der Waals surface area contributed by atoms with Gasteiger partial charge in [-0.15, -0.1) is 0 Å². The molecule has 0 radical (unpaired) electrons. The molecule has 0 saturated carbocycles. The molecule has 0 bridgehead atoms. The Morgan fingerprint density at radius 1 is 0.892 bits per heavy atom. The first-order valence-corrected chi connectivity index (χ1v) is 12.1. The topological polar surface area (TPSA) is 75.2 Å². The molecule has 7 nitrogen and oxygen atoms in total. The predicted octanol–water partition coefficient (Wildman–Crippen LogP) is 5.87. The fraction of sp³-hybridized carbons (Fsp3) is 0.138. The van der Waals surface area contributed by atoms with Crippen molar-refractivity contribution in [1.82, 2.24) is 10.4 Å². The van der Waals surface area contributed by atoms with Crippen LogP contribution in [-0.2, 0) is 0 Å². The fourth-order valence-corrected chi connectivity index (χ4v) is 4.72. The molecule has 4 aromatic carbocycles. The number of phenolic OH excluding ortho intramolecular Hbond substituents is 1. The number of hydrazine groups is 1. The molecule has 0 amide bonds. The Morgan fingerprint density at radius 3 is 2.46 bits per heavy atom. The third kappa shape index (κ3) is 4.71. The number of nitrogens with zero attached hydrogens (tertiary/aromatic N) is 1. The highest BCUT2D eigenvalue weighted by atomic mass is 32.1. The molecule has 0 aliphatic carbocycles. The van der Waals surface area contributed by atoms with Gasteiger partial charge in [-0.1, -0.05) is 36.4 Å². The van der Waals surface area contributed by atoms with E-state index in [1.54, 1.807) is 21.3 Å². The first-order chi connectivity index (χ1) is 18.0. The molecular formula is C29H27N3O4S. The summed E-state index contributed by atoms with van der Waals surface area (Å²) in [6, 6.07) is 24.5. The zero-order valence-electron chi connectivity index (χ0n) is 20.7. The van der Waals surface area contributed by atoms with Crippen LogP contribution in [0.2, 0.25) is 0 Å². The molecular weight excluding hydrogens is 486 g/mol. The van der Waals surface area contributed by atoms with Crippen molar-refractivity contribution >= 4 is 39.5 Å². The molecule has 4 aromatic rings. The van der Waals surface area contributed by atoms with Crippen LogP contribution in [0, 0.1) is 0 Å². The van der Waals surface area contributed by atoms with Gasteiger partial charge in [-0.2, -0.15) is 0 Å². The van der Waals surface area contributed by atoms with Gasteiger partial charge in [-0.3, -0.25) is 10.4 Å². The van der Waals surface area contributed by atoms with Gasteiger partial charge in [0.15, 0.2) is 5.11 Å². The zero-order valence-corrected chi connectivity index (χ0v) is 21.5. The summed E-state index contributed by atoms with van der Waals surface area (Å²) in [5.41, 5.74) is 6.46. The van der Waals surface area contributed by atoms with Gasteiger partial charge in [0.1, 0.15) is 29.0 Å². The monoisotopic (exact) mass is 513 g/mol. The lowest BCUT2D eigenvalue weighted by Crippen LogP contribution is -2.42. The van der Waals surface area contributed by atoms with E-state index in [4.69, 9.17) is 26.4 Å². The normalized spacial score (nSPS) is 14.6. The summed E-state index contributed by atoms with van der Waals surface area (Å²) < 4.78 is 16.4. The second kappa shape index (κ2) is 10.3. The highest BCUT2D eigenvalue weighted by Gasteiger charge is 2.32. The average molecular weight is 514 g/mol. The number of rotatable bonds is 6. The summed E-state index contributed by atoms with van der Waals surface area (Å²) in [5, 5.41) is 18.4. The minimum absolute atomic E-state index is 0.200. The molecule has 1 atom stereocenters. The molecule has 8 heteroatoms. The second-order valence-electron chi connectivity index (χ2n) is 8.46. The number of hydrogen-bond acceptors (Lipinski definition) is 6. The summed E-state index contributed by atoms with van der Waals surface area (Å²) in [6.45, 7) is 0. The molecule has 1 unspecified atom stereocenters. The van der Waals surface area contributed by atoms with Crippen LogP contribution in [0.1, 0.15) is 17.2 Å². The van der Waals surface area contributed by atoms with Gasteiger partial charge in [0.05, 0.1) is 27.0 Å². The summed E-state index contributed by atoms with van der Waals surface area (Å²) in [7, 11) is 4.86. The van der Waals surface area contributed by atoms with Crippen LogP contribution in [0.3, 0.4) is 0 Å². The van der Waals surface area contributed by atoms with Crippen LogP contribution in [0.4, 0.5) is 5.69 Å². The number of ether oxygens (including phenoxy) is 3. The first kappa shape index (κ1) is 24.3. The van der Waals surface area contributed by atoms with Crippen molar-refractivity contribution in [3.8, 4) is 23.0 Å². The first-order valence-electron chi connectivity index (χ1n) is 11.7. The number of aromatic hydroxyl groups is 1. The summed E-state index contributed by atoms with van der Waals surface area (Å²) in [4.78, 5) is 0. The smallest absolute Gasteiger partial charge is 0.193 e. The molecule has 0 fully saturated rings. The molecule has 1 heterocycles.